The molecule has 2 rings (SSSR count). The van der Waals surface area contributed by atoms with E-state index in [-0.39, 0.29) is 12.5 Å². The lowest BCUT2D eigenvalue weighted by molar-refractivity contribution is -0.133. The highest BCUT2D eigenvalue weighted by Gasteiger charge is 2.31. The van der Waals surface area contributed by atoms with Crippen LogP contribution in [0.5, 0.6) is 5.75 Å². The van der Waals surface area contributed by atoms with E-state index in [4.69, 9.17) is 4.74 Å². The number of likely N-dealkylation sites (N-methyl/N-ethyl adjacent to an activating group) is 1. The van der Waals surface area contributed by atoms with Crippen molar-refractivity contribution in [2.24, 2.45) is 0 Å². The summed E-state index contributed by atoms with van der Waals surface area (Å²) in [6.07, 6.45) is 1.69. The maximum atomic E-state index is 12.0. The number of amides is 1. The van der Waals surface area contributed by atoms with Crippen LogP contribution in [0.15, 0.2) is 24.3 Å². The van der Waals surface area contributed by atoms with Crippen LogP contribution < -0.4 is 4.74 Å². The number of hydrogen-bond acceptors (Lipinski definition) is 3. The van der Waals surface area contributed by atoms with E-state index in [1.807, 2.05) is 24.0 Å². The number of benzene rings is 1. The van der Waals surface area contributed by atoms with Gasteiger partial charge in [-0.05, 0) is 44.4 Å². The van der Waals surface area contributed by atoms with Crippen LogP contribution in [0.3, 0.4) is 0 Å². The van der Waals surface area contributed by atoms with Gasteiger partial charge in [-0.3, -0.25) is 4.79 Å². The zero-order valence-electron chi connectivity index (χ0n) is 11.5. The van der Waals surface area contributed by atoms with Gasteiger partial charge in [-0.15, -0.1) is 0 Å². The lowest BCUT2D eigenvalue weighted by atomic mass is 10.1. The fourth-order valence-corrected chi connectivity index (χ4v) is 2.12. The molecule has 1 aliphatic carbocycles. The Labute approximate surface area is 114 Å². The third-order valence-corrected chi connectivity index (χ3v) is 3.35. The predicted octanol–water partition coefficient (Wildman–Crippen LogP) is 2.13. The minimum absolute atomic E-state index is 0.0347. The summed E-state index contributed by atoms with van der Waals surface area (Å²) in [5.41, 5.74) is 0.791. The molecule has 1 N–H and O–H groups in total. The molecule has 0 saturated heterocycles. The van der Waals surface area contributed by atoms with Crippen molar-refractivity contribution in [2.45, 2.75) is 38.8 Å². The van der Waals surface area contributed by atoms with E-state index in [0.29, 0.717) is 11.8 Å². The zero-order chi connectivity index (χ0) is 13.8. The number of ether oxygens (including phenoxy) is 1. The molecular weight excluding hydrogens is 242 g/mol. The van der Waals surface area contributed by atoms with E-state index in [1.165, 1.54) is 0 Å². The van der Waals surface area contributed by atoms with Crippen molar-refractivity contribution < 1.29 is 14.6 Å². The average Bonchev–Trinajstić information content (AvgIpc) is 3.22. The highest BCUT2D eigenvalue weighted by atomic mass is 16.5. The molecule has 19 heavy (non-hydrogen) atoms. The fraction of sp³-hybridized carbons (Fsp3) is 0.533. The van der Waals surface area contributed by atoms with Crippen LogP contribution in [0.4, 0.5) is 0 Å². The molecule has 1 amide bonds. The topological polar surface area (TPSA) is 49.8 Å². The Kier molecular flexibility index (Phi) is 4.43. The van der Waals surface area contributed by atoms with Gasteiger partial charge in [0.1, 0.15) is 5.75 Å². The van der Waals surface area contributed by atoms with Crippen molar-refractivity contribution in [3.8, 4) is 5.75 Å². The van der Waals surface area contributed by atoms with Crippen LogP contribution in [-0.2, 0) is 4.79 Å². The second-order valence-electron chi connectivity index (χ2n) is 4.95. The van der Waals surface area contributed by atoms with Gasteiger partial charge < -0.3 is 14.7 Å². The molecule has 1 aromatic carbocycles. The first-order chi connectivity index (χ1) is 9.11. The number of aliphatic hydroxyl groups is 1. The van der Waals surface area contributed by atoms with Gasteiger partial charge in [0.15, 0.2) is 6.61 Å². The van der Waals surface area contributed by atoms with Crippen molar-refractivity contribution in [3.05, 3.63) is 29.8 Å². The molecule has 0 heterocycles. The molecular formula is C15H21NO3. The lowest BCUT2D eigenvalue weighted by Crippen LogP contribution is -2.36. The van der Waals surface area contributed by atoms with E-state index in [9.17, 15) is 9.90 Å². The highest BCUT2D eigenvalue weighted by Crippen LogP contribution is 2.26. The molecule has 1 saturated carbocycles. The molecule has 0 spiro atoms. The monoisotopic (exact) mass is 263 g/mol. The van der Waals surface area contributed by atoms with Gasteiger partial charge in [-0.1, -0.05) is 12.1 Å². The number of hydrogen-bond donors (Lipinski definition) is 1. The van der Waals surface area contributed by atoms with Gasteiger partial charge in [-0.25, -0.2) is 0 Å². The predicted molar refractivity (Wildman–Crippen MR) is 73.0 cm³/mol. The van der Waals surface area contributed by atoms with E-state index in [0.717, 1.165) is 24.9 Å². The van der Waals surface area contributed by atoms with Crippen LogP contribution in [0.25, 0.3) is 0 Å². The summed E-state index contributed by atoms with van der Waals surface area (Å²) < 4.78 is 5.52. The zero-order valence-corrected chi connectivity index (χ0v) is 11.5. The summed E-state index contributed by atoms with van der Waals surface area (Å²) in [6, 6.07) is 7.64. The van der Waals surface area contributed by atoms with Crippen LogP contribution in [0.2, 0.25) is 0 Å². The van der Waals surface area contributed by atoms with Crippen LogP contribution in [0.1, 0.15) is 38.4 Å². The Hall–Kier alpha value is -1.55. The van der Waals surface area contributed by atoms with Gasteiger partial charge >= 0.3 is 0 Å². The standard InChI is InChI=1S/C15H21NO3/c1-3-16(13-7-8-13)15(18)10-19-14-6-4-5-12(9-14)11(2)17/h4-6,9,11,13,17H,3,7-8,10H2,1-2H3/t11-/m0/s1. The van der Waals surface area contributed by atoms with Crippen molar-refractivity contribution in [1.82, 2.24) is 4.90 Å². The molecule has 1 aliphatic rings. The molecule has 1 fully saturated rings. The van der Waals surface area contributed by atoms with Crippen molar-refractivity contribution in [1.29, 1.82) is 0 Å². The minimum Gasteiger partial charge on any atom is -0.484 e. The maximum absolute atomic E-state index is 12.0. The fourth-order valence-electron chi connectivity index (χ4n) is 2.12. The second kappa shape index (κ2) is 6.06. The van der Waals surface area contributed by atoms with E-state index < -0.39 is 6.10 Å². The molecule has 4 heteroatoms. The highest BCUT2D eigenvalue weighted by molar-refractivity contribution is 5.78. The molecule has 0 aromatic heterocycles. The molecule has 0 unspecified atom stereocenters. The van der Waals surface area contributed by atoms with Gasteiger partial charge in [0, 0.05) is 12.6 Å². The smallest absolute Gasteiger partial charge is 0.260 e. The Bertz CT molecular complexity index is 441. The number of carbonyl (C=O) groups is 1. The Morgan fingerprint density at radius 2 is 2.26 bits per heavy atom. The lowest BCUT2D eigenvalue weighted by Gasteiger charge is -2.20. The molecule has 0 radical (unpaired) electrons. The van der Waals surface area contributed by atoms with Crippen molar-refractivity contribution in [3.63, 3.8) is 0 Å². The third-order valence-electron chi connectivity index (χ3n) is 3.35. The van der Waals surface area contributed by atoms with E-state index in [2.05, 4.69) is 0 Å². The molecule has 0 aliphatic heterocycles. The average molecular weight is 263 g/mol. The van der Waals surface area contributed by atoms with Gasteiger partial charge in [-0.2, -0.15) is 0 Å². The Balaban J connectivity index is 1.90. The number of nitrogens with zero attached hydrogens (tertiary/aromatic N) is 1. The molecule has 4 nitrogen and oxygen atoms in total. The normalized spacial score (nSPS) is 15.9. The summed E-state index contributed by atoms with van der Waals surface area (Å²) in [5, 5.41) is 9.50. The minimum atomic E-state index is -0.530. The first-order valence-corrected chi connectivity index (χ1v) is 6.82. The number of carbonyl (C=O) groups excluding carboxylic acids is 1. The summed E-state index contributed by atoms with van der Waals surface area (Å²) in [6.45, 7) is 4.49. The molecule has 1 aromatic rings. The van der Waals surface area contributed by atoms with E-state index >= 15 is 0 Å². The van der Waals surface area contributed by atoms with Gasteiger partial charge in [0.05, 0.1) is 6.10 Å². The van der Waals surface area contributed by atoms with Crippen LogP contribution >= 0.6 is 0 Å². The largest absolute Gasteiger partial charge is 0.484 e. The first-order valence-electron chi connectivity index (χ1n) is 6.82. The summed E-state index contributed by atoms with van der Waals surface area (Å²) in [7, 11) is 0. The molecule has 104 valence electrons. The van der Waals surface area contributed by atoms with Gasteiger partial charge in [0.25, 0.3) is 5.91 Å². The van der Waals surface area contributed by atoms with E-state index in [1.54, 1.807) is 19.1 Å². The quantitative estimate of drug-likeness (QED) is 0.855. The Morgan fingerprint density at radius 1 is 1.53 bits per heavy atom. The van der Waals surface area contributed by atoms with Gasteiger partial charge in [0.2, 0.25) is 0 Å². The summed E-state index contributed by atoms with van der Waals surface area (Å²) >= 11 is 0. The SMILES string of the molecule is CCN(C(=O)COc1cccc([C@H](C)O)c1)C1CC1. The summed E-state index contributed by atoms with van der Waals surface area (Å²) in [5.74, 6) is 0.658. The van der Waals surface area contributed by atoms with Crippen molar-refractivity contribution >= 4 is 5.91 Å². The first kappa shape index (κ1) is 13.9. The van der Waals surface area contributed by atoms with Crippen LogP contribution in [0, 0.1) is 0 Å². The number of aliphatic hydroxyl groups excluding tert-OH is 1. The molecule has 1 atom stereocenters. The Morgan fingerprint density at radius 3 is 2.84 bits per heavy atom. The second-order valence-corrected chi connectivity index (χ2v) is 4.95. The molecule has 0 bridgehead atoms. The third kappa shape index (κ3) is 3.70. The summed E-state index contributed by atoms with van der Waals surface area (Å²) in [4.78, 5) is 13.9. The van der Waals surface area contributed by atoms with Crippen LogP contribution in [-0.4, -0.2) is 35.1 Å². The van der Waals surface area contributed by atoms with Crippen molar-refractivity contribution in [2.75, 3.05) is 13.2 Å². The maximum Gasteiger partial charge on any atom is 0.260 e. The number of rotatable bonds is 6.